The highest BCUT2D eigenvalue weighted by molar-refractivity contribution is 7.89. The van der Waals surface area contributed by atoms with Crippen LogP contribution in [-0.2, 0) is 10.0 Å². The van der Waals surface area contributed by atoms with Crippen molar-refractivity contribution in [2.45, 2.75) is 37.6 Å². The van der Waals surface area contributed by atoms with Crippen LogP contribution in [0.2, 0.25) is 0 Å². The molecule has 0 aromatic heterocycles. The van der Waals surface area contributed by atoms with E-state index in [0.717, 1.165) is 12.8 Å². The summed E-state index contributed by atoms with van der Waals surface area (Å²) in [5.74, 6) is 0. The summed E-state index contributed by atoms with van der Waals surface area (Å²) < 4.78 is 26.3. The average molecular weight is 227 g/mol. The van der Waals surface area contributed by atoms with Gasteiger partial charge < -0.3 is 0 Å². The highest BCUT2D eigenvalue weighted by Crippen LogP contribution is 2.09. The fourth-order valence-corrected chi connectivity index (χ4v) is 2.72. The summed E-state index contributed by atoms with van der Waals surface area (Å²) in [6.07, 6.45) is 1.82. The van der Waals surface area contributed by atoms with Crippen LogP contribution in [0.15, 0.2) is 35.2 Å². The molecule has 0 saturated heterocycles. The van der Waals surface area contributed by atoms with Crippen LogP contribution in [-0.4, -0.2) is 14.5 Å². The van der Waals surface area contributed by atoms with Crippen LogP contribution in [0.5, 0.6) is 0 Å². The van der Waals surface area contributed by atoms with Crippen LogP contribution >= 0.6 is 0 Å². The smallest absolute Gasteiger partial charge is 0.208 e. The minimum Gasteiger partial charge on any atom is -0.208 e. The lowest BCUT2D eigenvalue weighted by molar-refractivity contribution is 0.544. The largest absolute Gasteiger partial charge is 0.240 e. The topological polar surface area (TPSA) is 46.2 Å². The molecule has 15 heavy (non-hydrogen) atoms. The number of hydrogen-bond donors (Lipinski definition) is 1. The van der Waals surface area contributed by atoms with Crippen LogP contribution < -0.4 is 4.72 Å². The Morgan fingerprint density at radius 3 is 2.40 bits per heavy atom. The molecule has 0 aliphatic carbocycles. The Morgan fingerprint density at radius 1 is 1.27 bits per heavy atom. The van der Waals surface area contributed by atoms with Gasteiger partial charge in [0, 0.05) is 6.04 Å². The maximum Gasteiger partial charge on any atom is 0.240 e. The third kappa shape index (κ3) is 3.64. The van der Waals surface area contributed by atoms with Gasteiger partial charge >= 0.3 is 0 Å². The lowest BCUT2D eigenvalue weighted by atomic mass is 10.2. The molecule has 0 fully saturated rings. The normalized spacial score (nSPS) is 13.7. The molecule has 0 aliphatic heterocycles. The van der Waals surface area contributed by atoms with E-state index < -0.39 is 10.0 Å². The number of benzene rings is 1. The van der Waals surface area contributed by atoms with Gasteiger partial charge in [0.25, 0.3) is 0 Å². The highest BCUT2D eigenvalue weighted by atomic mass is 32.2. The first-order valence-electron chi connectivity index (χ1n) is 5.13. The molecule has 0 heterocycles. The van der Waals surface area contributed by atoms with Gasteiger partial charge in [-0.25, -0.2) is 13.1 Å². The zero-order valence-electron chi connectivity index (χ0n) is 9.10. The standard InChI is InChI=1S/C11H17NO2S/c1-3-7-10(2)12-15(13,14)11-8-5-4-6-9-11/h4-6,8-10,12H,3,7H2,1-2H3/t10-/m0/s1. The minimum absolute atomic E-state index is 0.0137. The zero-order valence-corrected chi connectivity index (χ0v) is 9.92. The molecule has 0 amide bonds. The third-order valence-corrected chi connectivity index (χ3v) is 3.74. The molecule has 1 atom stereocenters. The molecule has 84 valence electrons. The van der Waals surface area contributed by atoms with Crippen LogP contribution in [0.25, 0.3) is 0 Å². The monoisotopic (exact) mass is 227 g/mol. The second kappa shape index (κ2) is 5.28. The van der Waals surface area contributed by atoms with Crippen LogP contribution in [0.4, 0.5) is 0 Å². The maximum absolute atomic E-state index is 11.8. The van der Waals surface area contributed by atoms with Gasteiger partial charge in [-0.1, -0.05) is 31.5 Å². The molecule has 1 rings (SSSR count). The van der Waals surface area contributed by atoms with Crippen molar-refractivity contribution in [1.82, 2.24) is 4.72 Å². The fourth-order valence-electron chi connectivity index (χ4n) is 1.42. The first kappa shape index (κ1) is 12.2. The predicted octanol–water partition coefficient (Wildman–Crippen LogP) is 2.15. The van der Waals surface area contributed by atoms with Crippen molar-refractivity contribution in [3.8, 4) is 0 Å². The van der Waals surface area contributed by atoms with E-state index in [1.54, 1.807) is 30.3 Å². The van der Waals surface area contributed by atoms with Gasteiger partial charge in [0.05, 0.1) is 4.90 Å². The Hall–Kier alpha value is -0.870. The summed E-state index contributed by atoms with van der Waals surface area (Å²) in [6.45, 7) is 3.91. The number of nitrogens with one attached hydrogen (secondary N) is 1. The zero-order chi connectivity index (χ0) is 11.3. The van der Waals surface area contributed by atoms with Crippen molar-refractivity contribution in [3.63, 3.8) is 0 Å². The Balaban J connectivity index is 2.77. The van der Waals surface area contributed by atoms with E-state index >= 15 is 0 Å². The van der Waals surface area contributed by atoms with Gasteiger partial charge in [-0.15, -0.1) is 0 Å². The van der Waals surface area contributed by atoms with E-state index in [2.05, 4.69) is 4.72 Å². The Bertz CT molecular complexity index is 386. The van der Waals surface area contributed by atoms with E-state index in [-0.39, 0.29) is 6.04 Å². The second-order valence-electron chi connectivity index (χ2n) is 3.62. The van der Waals surface area contributed by atoms with Gasteiger partial charge in [-0.3, -0.25) is 0 Å². The summed E-state index contributed by atoms with van der Waals surface area (Å²) in [5.41, 5.74) is 0. The van der Waals surface area contributed by atoms with Crippen molar-refractivity contribution in [3.05, 3.63) is 30.3 Å². The summed E-state index contributed by atoms with van der Waals surface area (Å²) in [5, 5.41) is 0. The van der Waals surface area contributed by atoms with Gasteiger partial charge in [0.2, 0.25) is 10.0 Å². The maximum atomic E-state index is 11.8. The molecular formula is C11H17NO2S. The van der Waals surface area contributed by atoms with Crippen molar-refractivity contribution in [2.75, 3.05) is 0 Å². The molecule has 0 aliphatic rings. The van der Waals surface area contributed by atoms with Gasteiger partial charge in [-0.05, 0) is 25.5 Å². The molecule has 1 aromatic carbocycles. The Labute approximate surface area is 91.6 Å². The number of hydrogen-bond acceptors (Lipinski definition) is 2. The quantitative estimate of drug-likeness (QED) is 0.837. The molecule has 1 aromatic rings. The van der Waals surface area contributed by atoms with E-state index in [0.29, 0.717) is 4.90 Å². The van der Waals surface area contributed by atoms with Crippen LogP contribution in [0, 0.1) is 0 Å². The SMILES string of the molecule is CCC[C@H](C)NS(=O)(=O)c1ccccc1. The average Bonchev–Trinajstić information content (AvgIpc) is 2.18. The lowest BCUT2D eigenvalue weighted by Crippen LogP contribution is -2.32. The molecule has 0 saturated carbocycles. The summed E-state index contributed by atoms with van der Waals surface area (Å²) in [7, 11) is -3.33. The number of rotatable bonds is 5. The second-order valence-corrected chi connectivity index (χ2v) is 5.34. The van der Waals surface area contributed by atoms with E-state index in [9.17, 15) is 8.42 Å². The Morgan fingerprint density at radius 2 is 1.87 bits per heavy atom. The summed E-state index contributed by atoms with van der Waals surface area (Å²) in [4.78, 5) is 0.327. The molecule has 0 unspecified atom stereocenters. The predicted molar refractivity (Wildman–Crippen MR) is 61.1 cm³/mol. The van der Waals surface area contributed by atoms with Crippen LogP contribution in [0.3, 0.4) is 0 Å². The number of sulfonamides is 1. The highest BCUT2D eigenvalue weighted by Gasteiger charge is 2.15. The molecular weight excluding hydrogens is 210 g/mol. The molecule has 0 radical (unpaired) electrons. The molecule has 4 heteroatoms. The van der Waals surface area contributed by atoms with E-state index in [1.807, 2.05) is 13.8 Å². The van der Waals surface area contributed by atoms with Crippen molar-refractivity contribution in [2.24, 2.45) is 0 Å². The molecule has 0 spiro atoms. The first-order valence-corrected chi connectivity index (χ1v) is 6.62. The van der Waals surface area contributed by atoms with Crippen molar-refractivity contribution < 1.29 is 8.42 Å². The summed E-state index contributed by atoms with van der Waals surface area (Å²) >= 11 is 0. The minimum atomic E-state index is -3.33. The Kier molecular flexibility index (Phi) is 4.29. The third-order valence-electron chi connectivity index (χ3n) is 2.13. The van der Waals surface area contributed by atoms with Gasteiger partial charge in [-0.2, -0.15) is 0 Å². The van der Waals surface area contributed by atoms with Crippen LogP contribution in [0.1, 0.15) is 26.7 Å². The van der Waals surface area contributed by atoms with Gasteiger partial charge in [0.15, 0.2) is 0 Å². The van der Waals surface area contributed by atoms with E-state index in [4.69, 9.17) is 0 Å². The van der Waals surface area contributed by atoms with Crippen molar-refractivity contribution in [1.29, 1.82) is 0 Å². The molecule has 0 bridgehead atoms. The fraction of sp³-hybridized carbons (Fsp3) is 0.455. The molecule has 3 nitrogen and oxygen atoms in total. The van der Waals surface area contributed by atoms with Crippen molar-refractivity contribution >= 4 is 10.0 Å². The van der Waals surface area contributed by atoms with E-state index in [1.165, 1.54) is 0 Å². The first-order chi connectivity index (χ1) is 7.06. The summed E-state index contributed by atoms with van der Waals surface area (Å²) in [6, 6.07) is 8.43. The van der Waals surface area contributed by atoms with Gasteiger partial charge in [0.1, 0.15) is 0 Å². The lowest BCUT2D eigenvalue weighted by Gasteiger charge is -2.12. The molecule has 1 N–H and O–H groups in total.